The summed E-state index contributed by atoms with van der Waals surface area (Å²) in [5, 5.41) is 0. The summed E-state index contributed by atoms with van der Waals surface area (Å²) in [7, 11) is 1.68. The maximum atomic E-state index is 5.99. The first-order valence-electron chi connectivity index (χ1n) is 6.51. The molecular weight excluding hydrogens is 238 g/mol. The van der Waals surface area contributed by atoms with Gasteiger partial charge in [-0.3, -0.25) is 4.98 Å². The van der Waals surface area contributed by atoms with Gasteiger partial charge in [0, 0.05) is 30.1 Å². The molecule has 0 N–H and O–H groups in total. The van der Waals surface area contributed by atoms with Crippen LogP contribution in [0.15, 0.2) is 48.8 Å². The summed E-state index contributed by atoms with van der Waals surface area (Å²) in [4.78, 5) is 4.17. The molecule has 0 spiro atoms. The van der Waals surface area contributed by atoms with E-state index in [4.69, 9.17) is 9.47 Å². The van der Waals surface area contributed by atoms with Gasteiger partial charge in [-0.15, -0.1) is 0 Å². The minimum atomic E-state index is -0.134. The van der Waals surface area contributed by atoms with Gasteiger partial charge in [-0.1, -0.05) is 31.2 Å². The maximum absolute atomic E-state index is 5.99. The van der Waals surface area contributed by atoms with Crippen molar-refractivity contribution in [3.05, 3.63) is 59.9 Å². The molecule has 3 heteroatoms. The van der Waals surface area contributed by atoms with E-state index in [0.717, 1.165) is 23.3 Å². The van der Waals surface area contributed by atoms with Crippen LogP contribution in [-0.2, 0) is 4.74 Å². The van der Waals surface area contributed by atoms with E-state index in [1.165, 1.54) is 0 Å². The Morgan fingerprint density at radius 2 is 2.00 bits per heavy atom. The van der Waals surface area contributed by atoms with Crippen LogP contribution in [0, 0.1) is 0 Å². The fraction of sp³-hybridized carbons (Fsp3) is 0.312. The van der Waals surface area contributed by atoms with Crippen molar-refractivity contribution >= 4 is 0 Å². The minimum Gasteiger partial charge on any atom is -0.496 e. The SMILES string of the molecule is CCCOC(c1cccnc1)c1ccccc1OC. The topological polar surface area (TPSA) is 31.4 Å². The number of rotatable bonds is 6. The highest BCUT2D eigenvalue weighted by molar-refractivity contribution is 5.39. The quantitative estimate of drug-likeness (QED) is 0.792. The molecule has 1 unspecified atom stereocenters. The fourth-order valence-electron chi connectivity index (χ4n) is 2.02. The predicted octanol–water partition coefficient (Wildman–Crippen LogP) is 3.61. The van der Waals surface area contributed by atoms with Crippen molar-refractivity contribution in [1.29, 1.82) is 0 Å². The van der Waals surface area contributed by atoms with Crippen LogP contribution in [-0.4, -0.2) is 18.7 Å². The zero-order valence-electron chi connectivity index (χ0n) is 11.4. The van der Waals surface area contributed by atoms with Gasteiger partial charge in [0.1, 0.15) is 11.9 Å². The maximum Gasteiger partial charge on any atom is 0.125 e. The van der Waals surface area contributed by atoms with E-state index in [0.29, 0.717) is 6.61 Å². The average molecular weight is 257 g/mol. The second-order valence-electron chi connectivity index (χ2n) is 4.28. The van der Waals surface area contributed by atoms with Crippen molar-refractivity contribution in [2.45, 2.75) is 19.4 Å². The number of nitrogens with zero attached hydrogens (tertiary/aromatic N) is 1. The van der Waals surface area contributed by atoms with E-state index >= 15 is 0 Å². The molecule has 0 fully saturated rings. The van der Waals surface area contributed by atoms with Crippen LogP contribution < -0.4 is 4.74 Å². The van der Waals surface area contributed by atoms with Crippen molar-refractivity contribution < 1.29 is 9.47 Å². The monoisotopic (exact) mass is 257 g/mol. The molecule has 0 radical (unpaired) electrons. The summed E-state index contributed by atoms with van der Waals surface area (Å²) in [6.07, 6.45) is 4.45. The molecule has 1 aromatic carbocycles. The molecule has 0 saturated carbocycles. The summed E-state index contributed by atoms with van der Waals surface area (Å²) in [5.41, 5.74) is 2.08. The molecule has 100 valence electrons. The number of ether oxygens (including phenoxy) is 2. The van der Waals surface area contributed by atoms with Crippen molar-refractivity contribution in [1.82, 2.24) is 4.98 Å². The third-order valence-corrected chi connectivity index (χ3v) is 2.90. The first-order valence-corrected chi connectivity index (χ1v) is 6.51. The van der Waals surface area contributed by atoms with E-state index in [9.17, 15) is 0 Å². The number of benzene rings is 1. The van der Waals surface area contributed by atoms with Gasteiger partial charge in [-0.2, -0.15) is 0 Å². The average Bonchev–Trinajstić information content (AvgIpc) is 2.49. The Balaban J connectivity index is 2.37. The Kier molecular flexibility index (Phi) is 4.93. The van der Waals surface area contributed by atoms with Gasteiger partial charge in [0.25, 0.3) is 0 Å². The van der Waals surface area contributed by atoms with Gasteiger partial charge in [0.05, 0.1) is 7.11 Å². The van der Waals surface area contributed by atoms with Gasteiger partial charge in [0.2, 0.25) is 0 Å². The van der Waals surface area contributed by atoms with Crippen molar-refractivity contribution in [3.8, 4) is 5.75 Å². The van der Waals surface area contributed by atoms with Crippen LogP contribution in [0.1, 0.15) is 30.6 Å². The van der Waals surface area contributed by atoms with Crippen LogP contribution in [0.4, 0.5) is 0 Å². The first-order chi connectivity index (χ1) is 9.36. The molecule has 2 rings (SSSR count). The Morgan fingerprint density at radius 3 is 2.68 bits per heavy atom. The van der Waals surface area contributed by atoms with Crippen molar-refractivity contribution in [2.75, 3.05) is 13.7 Å². The Labute approximate surface area is 114 Å². The third kappa shape index (κ3) is 3.32. The molecule has 0 amide bonds. The predicted molar refractivity (Wildman–Crippen MR) is 75.3 cm³/mol. The first kappa shape index (κ1) is 13.6. The highest BCUT2D eigenvalue weighted by Gasteiger charge is 2.18. The van der Waals surface area contributed by atoms with Gasteiger partial charge < -0.3 is 9.47 Å². The van der Waals surface area contributed by atoms with Crippen molar-refractivity contribution in [2.24, 2.45) is 0 Å². The summed E-state index contributed by atoms with van der Waals surface area (Å²) < 4.78 is 11.4. The van der Waals surface area contributed by atoms with Gasteiger partial charge >= 0.3 is 0 Å². The van der Waals surface area contributed by atoms with Gasteiger partial charge in [0.15, 0.2) is 0 Å². The summed E-state index contributed by atoms with van der Waals surface area (Å²) in [6.45, 7) is 2.81. The molecule has 3 nitrogen and oxygen atoms in total. The zero-order valence-corrected chi connectivity index (χ0v) is 11.4. The number of hydrogen-bond acceptors (Lipinski definition) is 3. The number of hydrogen-bond donors (Lipinski definition) is 0. The molecule has 0 aliphatic carbocycles. The molecule has 0 bridgehead atoms. The Morgan fingerprint density at radius 1 is 1.16 bits per heavy atom. The lowest BCUT2D eigenvalue weighted by molar-refractivity contribution is 0.0786. The lowest BCUT2D eigenvalue weighted by atomic mass is 10.0. The van der Waals surface area contributed by atoms with Crippen LogP contribution in [0.3, 0.4) is 0 Å². The fourth-order valence-corrected chi connectivity index (χ4v) is 2.02. The van der Waals surface area contributed by atoms with E-state index in [1.54, 1.807) is 13.3 Å². The molecule has 1 atom stereocenters. The Hall–Kier alpha value is -1.87. The summed E-state index contributed by atoms with van der Waals surface area (Å²) in [5.74, 6) is 0.840. The lowest BCUT2D eigenvalue weighted by Gasteiger charge is -2.20. The van der Waals surface area contributed by atoms with Gasteiger partial charge in [-0.25, -0.2) is 0 Å². The molecule has 19 heavy (non-hydrogen) atoms. The molecule has 0 saturated heterocycles. The highest BCUT2D eigenvalue weighted by atomic mass is 16.5. The molecule has 0 aliphatic heterocycles. The zero-order chi connectivity index (χ0) is 13.5. The second-order valence-corrected chi connectivity index (χ2v) is 4.28. The van der Waals surface area contributed by atoms with Crippen molar-refractivity contribution in [3.63, 3.8) is 0 Å². The molecule has 1 heterocycles. The van der Waals surface area contributed by atoms with Crippen LogP contribution in [0.25, 0.3) is 0 Å². The number of para-hydroxylation sites is 1. The second kappa shape index (κ2) is 6.90. The molecular formula is C16H19NO2. The highest BCUT2D eigenvalue weighted by Crippen LogP contribution is 2.32. The van der Waals surface area contributed by atoms with Gasteiger partial charge in [-0.05, 0) is 18.6 Å². The van der Waals surface area contributed by atoms with E-state index in [-0.39, 0.29) is 6.10 Å². The number of aromatic nitrogens is 1. The van der Waals surface area contributed by atoms with Crippen LogP contribution >= 0.6 is 0 Å². The molecule has 0 aliphatic rings. The lowest BCUT2D eigenvalue weighted by Crippen LogP contribution is -2.09. The third-order valence-electron chi connectivity index (χ3n) is 2.90. The van der Waals surface area contributed by atoms with E-state index in [1.807, 2.05) is 42.6 Å². The van der Waals surface area contributed by atoms with E-state index < -0.39 is 0 Å². The summed E-state index contributed by atoms with van der Waals surface area (Å²) in [6, 6.07) is 11.9. The molecule has 2 aromatic rings. The smallest absolute Gasteiger partial charge is 0.125 e. The minimum absolute atomic E-state index is 0.134. The van der Waals surface area contributed by atoms with E-state index in [2.05, 4.69) is 11.9 Å². The standard InChI is InChI=1S/C16H19NO2/c1-3-11-19-16(13-7-6-10-17-12-13)14-8-4-5-9-15(14)18-2/h4-10,12,16H,3,11H2,1-2H3. The number of methoxy groups -OCH3 is 1. The van der Waals surface area contributed by atoms with Crippen LogP contribution in [0.5, 0.6) is 5.75 Å². The molecule has 1 aromatic heterocycles. The number of pyridine rings is 1. The Bertz CT molecular complexity index is 499. The van der Waals surface area contributed by atoms with Crippen LogP contribution in [0.2, 0.25) is 0 Å². The summed E-state index contributed by atoms with van der Waals surface area (Å²) >= 11 is 0. The largest absolute Gasteiger partial charge is 0.496 e. The normalized spacial score (nSPS) is 12.1.